The third-order valence-corrected chi connectivity index (χ3v) is 8.39. The molecule has 244 valence electrons. The molecule has 12 nitrogen and oxygen atoms in total. The zero-order chi connectivity index (χ0) is 33.9. The quantitative estimate of drug-likeness (QED) is 0.194. The Bertz CT molecular complexity index is 1950. The molecule has 0 atom stereocenters. The van der Waals surface area contributed by atoms with E-state index in [2.05, 4.69) is 37.5 Å². The van der Waals surface area contributed by atoms with Crippen LogP contribution < -0.4 is 25.2 Å². The Labute approximate surface area is 268 Å². The van der Waals surface area contributed by atoms with Crippen LogP contribution in [0.1, 0.15) is 22.3 Å². The standard InChI is InChI=1S/C31H29F3N8O4S/c1-4-26(43)36-16-19-7-10-23(11-8-19)42-25-12-9-22(14-21(25)15-27(42)44)39-30-38-18-24(31(32,33)34)28(40-30)37-17-20-6-5-13-35-29(20)41(2)47(3,45)46/h4-14,18H,1,15-17H2,2-3H3,(H,36,43)(H2,37,38,39,40). The number of anilines is 6. The first-order chi connectivity index (χ1) is 22.2. The number of aromatic nitrogens is 3. The molecule has 3 heterocycles. The number of hydrogen-bond acceptors (Lipinski definition) is 9. The van der Waals surface area contributed by atoms with Crippen molar-refractivity contribution in [1.82, 2.24) is 20.3 Å². The number of benzene rings is 2. The first-order valence-corrected chi connectivity index (χ1v) is 15.9. The zero-order valence-corrected chi connectivity index (χ0v) is 26.0. The smallest absolute Gasteiger partial charge is 0.365 e. The van der Waals surface area contributed by atoms with Gasteiger partial charge in [-0.25, -0.2) is 18.4 Å². The van der Waals surface area contributed by atoms with E-state index in [1.54, 1.807) is 47.4 Å². The van der Waals surface area contributed by atoms with Crippen molar-refractivity contribution in [2.24, 2.45) is 0 Å². The molecule has 47 heavy (non-hydrogen) atoms. The normalized spacial score (nSPS) is 12.8. The Kier molecular flexibility index (Phi) is 9.15. The van der Waals surface area contributed by atoms with Crippen molar-refractivity contribution >= 4 is 56.5 Å². The number of halogens is 3. The number of amides is 2. The second-order valence-corrected chi connectivity index (χ2v) is 12.5. The highest BCUT2D eigenvalue weighted by atomic mass is 32.2. The summed E-state index contributed by atoms with van der Waals surface area (Å²) in [7, 11) is -2.39. The van der Waals surface area contributed by atoms with Crippen LogP contribution in [0.4, 0.5) is 47.8 Å². The highest BCUT2D eigenvalue weighted by molar-refractivity contribution is 7.92. The van der Waals surface area contributed by atoms with E-state index in [4.69, 9.17) is 0 Å². The van der Waals surface area contributed by atoms with Crippen LogP contribution in [0.3, 0.4) is 0 Å². The van der Waals surface area contributed by atoms with E-state index >= 15 is 0 Å². The summed E-state index contributed by atoms with van der Waals surface area (Å²) >= 11 is 0. The fourth-order valence-electron chi connectivity index (χ4n) is 4.81. The van der Waals surface area contributed by atoms with E-state index in [9.17, 15) is 31.2 Å². The molecule has 5 rings (SSSR count). The van der Waals surface area contributed by atoms with Gasteiger partial charge in [-0.3, -0.25) is 18.8 Å². The molecular formula is C31H29F3N8O4S. The van der Waals surface area contributed by atoms with Gasteiger partial charge in [0.1, 0.15) is 17.2 Å². The summed E-state index contributed by atoms with van der Waals surface area (Å²) in [6, 6.07) is 15.3. The second kappa shape index (κ2) is 13.1. The average molecular weight is 667 g/mol. The fraction of sp³-hybridized carbons (Fsp3) is 0.194. The van der Waals surface area contributed by atoms with Gasteiger partial charge in [0.2, 0.25) is 27.8 Å². The molecule has 1 aliphatic heterocycles. The number of rotatable bonds is 11. The SMILES string of the molecule is C=CC(=O)NCc1ccc(N2C(=O)Cc3cc(Nc4ncc(C(F)(F)F)c(NCc5cccnc5N(C)S(C)(=O)=O)n4)ccc32)cc1. The number of carbonyl (C=O) groups is 2. The number of alkyl halides is 3. The van der Waals surface area contributed by atoms with Crippen LogP contribution in [0.25, 0.3) is 0 Å². The topological polar surface area (TPSA) is 150 Å². The summed E-state index contributed by atoms with van der Waals surface area (Å²) in [6.07, 6.45) is -0.491. The van der Waals surface area contributed by atoms with Crippen molar-refractivity contribution in [2.75, 3.05) is 33.1 Å². The van der Waals surface area contributed by atoms with E-state index < -0.39 is 27.6 Å². The third-order valence-electron chi connectivity index (χ3n) is 7.22. The Hall–Kier alpha value is -5.51. The Morgan fingerprint density at radius 1 is 1.11 bits per heavy atom. The zero-order valence-electron chi connectivity index (χ0n) is 25.2. The molecule has 4 aromatic rings. The molecule has 0 fully saturated rings. The predicted molar refractivity (Wildman–Crippen MR) is 171 cm³/mol. The first kappa shape index (κ1) is 32.9. The molecule has 0 saturated heterocycles. The Balaban J connectivity index is 1.35. The fourth-order valence-corrected chi connectivity index (χ4v) is 5.29. The molecule has 2 amide bonds. The number of nitrogens with zero attached hydrogens (tertiary/aromatic N) is 5. The summed E-state index contributed by atoms with van der Waals surface area (Å²) in [5.74, 6) is -1.08. The minimum absolute atomic E-state index is 0.0538. The van der Waals surface area contributed by atoms with E-state index in [1.165, 1.54) is 31.5 Å². The number of hydrogen-bond donors (Lipinski definition) is 3. The molecule has 0 aliphatic carbocycles. The summed E-state index contributed by atoms with van der Waals surface area (Å²) in [6.45, 7) is 3.50. The third kappa shape index (κ3) is 7.49. The van der Waals surface area contributed by atoms with Crippen molar-refractivity contribution in [1.29, 1.82) is 0 Å². The number of pyridine rings is 1. The van der Waals surface area contributed by atoms with Crippen molar-refractivity contribution in [3.63, 3.8) is 0 Å². The molecule has 2 aromatic carbocycles. The molecule has 16 heteroatoms. The molecule has 0 bridgehead atoms. The molecule has 0 radical (unpaired) electrons. The van der Waals surface area contributed by atoms with Gasteiger partial charge in [0.25, 0.3) is 0 Å². The van der Waals surface area contributed by atoms with Gasteiger partial charge in [0, 0.05) is 49.5 Å². The van der Waals surface area contributed by atoms with E-state index in [1.807, 2.05) is 0 Å². The highest BCUT2D eigenvalue weighted by Gasteiger charge is 2.35. The summed E-state index contributed by atoms with van der Waals surface area (Å²) in [5.41, 5.74) is 2.46. The summed E-state index contributed by atoms with van der Waals surface area (Å²) in [5, 5.41) is 8.25. The maximum atomic E-state index is 13.9. The maximum Gasteiger partial charge on any atom is 0.421 e. The van der Waals surface area contributed by atoms with Crippen LogP contribution in [0, 0.1) is 0 Å². The van der Waals surface area contributed by atoms with Crippen LogP contribution >= 0.6 is 0 Å². The van der Waals surface area contributed by atoms with Crippen molar-refractivity contribution in [2.45, 2.75) is 25.7 Å². The van der Waals surface area contributed by atoms with Gasteiger partial charge in [-0.05, 0) is 53.6 Å². The lowest BCUT2D eigenvalue weighted by atomic mass is 10.1. The van der Waals surface area contributed by atoms with E-state index in [0.29, 0.717) is 40.9 Å². The average Bonchev–Trinajstić information content (AvgIpc) is 3.36. The second-order valence-electron chi connectivity index (χ2n) is 10.5. The van der Waals surface area contributed by atoms with Crippen molar-refractivity contribution in [3.8, 4) is 0 Å². The van der Waals surface area contributed by atoms with Crippen LogP contribution in [0.15, 0.2) is 79.6 Å². The van der Waals surface area contributed by atoms with Crippen LogP contribution in [0.5, 0.6) is 0 Å². The lowest BCUT2D eigenvalue weighted by molar-refractivity contribution is -0.137. The predicted octanol–water partition coefficient (Wildman–Crippen LogP) is 4.66. The molecular weight excluding hydrogens is 637 g/mol. The van der Waals surface area contributed by atoms with Gasteiger partial charge in [-0.1, -0.05) is 24.8 Å². The number of carbonyl (C=O) groups excluding carboxylic acids is 2. The Morgan fingerprint density at radius 2 is 1.85 bits per heavy atom. The van der Waals surface area contributed by atoms with Crippen molar-refractivity contribution in [3.05, 3.63) is 102 Å². The molecule has 0 spiro atoms. The number of fused-ring (bicyclic) bond motifs is 1. The number of sulfonamides is 1. The maximum absolute atomic E-state index is 13.9. The van der Waals surface area contributed by atoms with Gasteiger partial charge in [-0.2, -0.15) is 18.2 Å². The van der Waals surface area contributed by atoms with Gasteiger partial charge >= 0.3 is 6.18 Å². The van der Waals surface area contributed by atoms with Gasteiger partial charge in [0.05, 0.1) is 18.4 Å². The van der Waals surface area contributed by atoms with E-state index in [0.717, 1.165) is 16.1 Å². The molecule has 0 saturated carbocycles. The molecule has 3 N–H and O–H groups in total. The minimum Gasteiger partial charge on any atom is -0.365 e. The molecule has 0 unspecified atom stereocenters. The molecule has 1 aliphatic rings. The highest BCUT2D eigenvalue weighted by Crippen LogP contribution is 2.38. The monoisotopic (exact) mass is 666 g/mol. The summed E-state index contributed by atoms with van der Waals surface area (Å²) < 4.78 is 66.7. The lowest BCUT2D eigenvalue weighted by Gasteiger charge is -2.20. The van der Waals surface area contributed by atoms with Gasteiger partial charge < -0.3 is 16.0 Å². The van der Waals surface area contributed by atoms with Gasteiger partial charge in [0.15, 0.2) is 0 Å². The van der Waals surface area contributed by atoms with E-state index in [-0.39, 0.29) is 36.5 Å². The molecule has 2 aromatic heterocycles. The lowest BCUT2D eigenvalue weighted by Crippen LogP contribution is -2.27. The van der Waals surface area contributed by atoms with Crippen molar-refractivity contribution < 1.29 is 31.2 Å². The van der Waals surface area contributed by atoms with Crippen LogP contribution in [-0.2, 0) is 45.3 Å². The van der Waals surface area contributed by atoms with Crippen LogP contribution in [-0.4, -0.2) is 48.5 Å². The van der Waals surface area contributed by atoms with Crippen LogP contribution in [0.2, 0.25) is 0 Å². The largest absolute Gasteiger partial charge is 0.421 e. The minimum atomic E-state index is -4.78. The van der Waals surface area contributed by atoms with Gasteiger partial charge in [-0.15, -0.1) is 0 Å². The first-order valence-electron chi connectivity index (χ1n) is 14.0. The number of nitrogens with one attached hydrogen (secondary N) is 3. The summed E-state index contributed by atoms with van der Waals surface area (Å²) in [4.78, 5) is 38.0. The Morgan fingerprint density at radius 3 is 2.53 bits per heavy atom.